The van der Waals surface area contributed by atoms with E-state index in [1.807, 2.05) is 6.07 Å². The zero-order valence-corrected chi connectivity index (χ0v) is 12.4. The van der Waals surface area contributed by atoms with Crippen LogP contribution in [0.15, 0.2) is 24.3 Å². The number of benzene rings is 1. The van der Waals surface area contributed by atoms with Crippen molar-refractivity contribution in [2.75, 3.05) is 18.7 Å². The van der Waals surface area contributed by atoms with Gasteiger partial charge >= 0.3 is 0 Å². The summed E-state index contributed by atoms with van der Waals surface area (Å²) in [6, 6.07) is 8.93. The zero-order chi connectivity index (χ0) is 14.3. The van der Waals surface area contributed by atoms with Crippen molar-refractivity contribution in [3.63, 3.8) is 0 Å². The first-order chi connectivity index (χ1) is 8.99. The number of nitrogens with zero attached hydrogens (tertiary/aromatic N) is 2. The van der Waals surface area contributed by atoms with Gasteiger partial charge in [-0.1, -0.05) is 12.1 Å². The van der Waals surface area contributed by atoms with Gasteiger partial charge in [0.2, 0.25) is 10.0 Å². The molecule has 0 atom stereocenters. The number of halogens is 1. The molecule has 0 heterocycles. The Morgan fingerprint density at radius 3 is 2.42 bits per heavy atom. The molecule has 0 radical (unpaired) electrons. The summed E-state index contributed by atoms with van der Waals surface area (Å²) < 4.78 is 25.3. The van der Waals surface area contributed by atoms with Crippen molar-refractivity contribution in [2.24, 2.45) is 0 Å². The standard InChI is InChI=1S/C13H17ClN2O2S/c1-16(19(17,18)9-3-2-8-14)11-13-6-4-12(10-15)5-7-13/h4-7H,2-3,8-9,11H2,1H3. The number of hydrogen-bond donors (Lipinski definition) is 0. The number of sulfonamides is 1. The molecule has 0 aliphatic heterocycles. The second-order valence-electron chi connectivity index (χ2n) is 4.28. The van der Waals surface area contributed by atoms with Gasteiger partial charge in [0, 0.05) is 19.5 Å². The van der Waals surface area contributed by atoms with Crippen molar-refractivity contribution < 1.29 is 8.42 Å². The van der Waals surface area contributed by atoms with Crippen molar-refractivity contribution in [1.82, 2.24) is 4.31 Å². The molecule has 0 N–H and O–H groups in total. The van der Waals surface area contributed by atoms with Crippen LogP contribution < -0.4 is 0 Å². The highest BCUT2D eigenvalue weighted by Gasteiger charge is 2.17. The fraction of sp³-hybridized carbons (Fsp3) is 0.462. The van der Waals surface area contributed by atoms with Gasteiger partial charge in [-0.15, -0.1) is 11.6 Å². The van der Waals surface area contributed by atoms with E-state index in [0.29, 0.717) is 30.8 Å². The Morgan fingerprint density at radius 2 is 1.89 bits per heavy atom. The highest BCUT2D eigenvalue weighted by molar-refractivity contribution is 7.89. The Hall–Kier alpha value is -1.09. The van der Waals surface area contributed by atoms with Crippen LogP contribution in [-0.4, -0.2) is 31.4 Å². The Bertz CT molecular complexity index is 535. The molecule has 0 fully saturated rings. The summed E-state index contributed by atoms with van der Waals surface area (Å²) in [5, 5.41) is 8.69. The molecule has 1 aromatic rings. The van der Waals surface area contributed by atoms with Gasteiger partial charge in [0.25, 0.3) is 0 Å². The van der Waals surface area contributed by atoms with Crippen LogP contribution in [0.2, 0.25) is 0 Å². The van der Waals surface area contributed by atoms with E-state index in [9.17, 15) is 8.42 Å². The van der Waals surface area contributed by atoms with E-state index < -0.39 is 10.0 Å². The third-order valence-electron chi connectivity index (χ3n) is 2.75. The highest BCUT2D eigenvalue weighted by Crippen LogP contribution is 2.10. The summed E-state index contributed by atoms with van der Waals surface area (Å²) >= 11 is 5.53. The first-order valence-electron chi connectivity index (χ1n) is 5.98. The fourth-order valence-corrected chi connectivity index (χ4v) is 2.99. The summed E-state index contributed by atoms with van der Waals surface area (Å²) in [5.74, 6) is 0.599. The molecular weight excluding hydrogens is 284 g/mol. The Kier molecular flexibility index (Phi) is 6.29. The molecule has 19 heavy (non-hydrogen) atoms. The first-order valence-corrected chi connectivity index (χ1v) is 8.13. The van der Waals surface area contributed by atoms with Crippen molar-refractivity contribution in [1.29, 1.82) is 5.26 Å². The minimum absolute atomic E-state index is 0.118. The van der Waals surface area contributed by atoms with Crippen LogP contribution in [0.25, 0.3) is 0 Å². The first kappa shape index (κ1) is 16.0. The number of nitriles is 1. The van der Waals surface area contributed by atoms with E-state index in [1.54, 1.807) is 31.3 Å². The van der Waals surface area contributed by atoms with Crippen LogP contribution in [-0.2, 0) is 16.6 Å². The molecule has 0 spiro atoms. The van der Waals surface area contributed by atoms with E-state index in [0.717, 1.165) is 5.56 Å². The normalized spacial score (nSPS) is 11.5. The fourth-order valence-electron chi connectivity index (χ4n) is 1.57. The number of rotatable bonds is 7. The van der Waals surface area contributed by atoms with E-state index in [4.69, 9.17) is 16.9 Å². The van der Waals surface area contributed by atoms with E-state index >= 15 is 0 Å². The SMILES string of the molecule is CN(Cc1ccc(C#N)cc1)S(=O)(=O)CCCCCl. The molecule has 4 nitrogen and oxygen atoms in total. The van der Waals surface area contributed by atoms with Crippen molar-refractivity contribution in [3.05, 3.63) is 35.4 Å². The van der Waals surface area contributed by atoms with Gasteiger partial charge in [-0.2, -0.15) is 5.26 Å². The molecule has 0 aliphatic rings. The van der Waals surface area contributed by atoms with Gasteiger partial charge in [0.1, 0.15) is 0 Å². The Morgan fingerprint density at radius 1 is 1.26 bits per heavy atom. The van der Waals surface area contributed by atoms with Gasteiger partial charge in [-0.05, 0) is 30.5 Å². The Balaban J connectivity index is 2.62. The maximum Gasteiger partial charge on any atom is 0.214 e. The molecular formula is C13H17ClN2O2S. The molecule has 0 saturated carbocycles. The topological polar surface area (TPSA) is 61.2 Å². The smallest absolute Gasteiger partial charge is 0.212 e. The van der Waals surface area contributed by atoms with Crippen molar-refractivity contribution >= 4 is 21.6 Å². The molecule has 0 aliphatic carbocycles. The summed E-state index contributed by atoms with van der Waals surface area (Å²) in [4.78, 5) is 0. The van der Waals surface area contributed by atoms with Gasteiger partial charge in [0.05, 0.1) is 17.4 Å². The molecule has 104 valence electrons. The van der Waals surface area contributed by atoms with Gasteiger partial charge in [-0.25, -0.2) is 12.7 Å². The molecule has 6 heteroatoms. The molecule has 0 bridgehead atoms. The Labute approximate surface area is 119 Å². The third-order valence-corrected chi connectivity index (χ3v) is 4.90. The van der Waals surface area contributed by atoms with Crippen LogP contribution in [0.3, 0.4) is 0 Å². The van der Waals surface area contributed by atoms with Gasteiger partial charge in [-0.3, -0.25) is 0 Å². The lowest BCUT2D eigenvalue weighted by Crippen LogP contribution is -2.28. The maximum absolute atomic E-state index is 12.0. The second-order valence-corrected chi connectivity index (χ2v) is 6.85. The van der Waals surface area contributed by atoms with Gasteiger partial charge < -0.3 is 0 Å². The molecule has 0 unspecified atom stereocenters. The highest BCUT2D eigenvalue weighted by atomic mass is 35.5. The lowest BCUT2D eigenvalue weighted by Gasteiger charge is -2.17. The number of unbranched alkanes of at least 4 members (excludes halogenated alkanes) is 1. The average molecular weight is 301 g/mol. The summed E-state index contributed by atoms with van der Waals surface area (Å²) in [5.41, 5.74) is 1.43. The van der Waals surface area contributed by atoms with Gasteiger partial charge in [0.15, 0.2) is 0 Å². The predicted molar refractivity (Wildman–Crippen MR) is 76.4 cm³/mol. The zero-order valence-electron chi connectivity index (χ0n) is 10.8. The summed E-state index contributed by atoms with van der Waals surface area (Å²) in [6.45, 7) is 0.314. The van der Waals surface area contributed by atoms with Crippen LogP contribution in [0.1, 0.15) is 24.0 Å². The van der Waals surface area contributed by atoms with Crippen molar-refractivity contribution in [2.45, 2.75) is 19.4 Å². The summed E-state index contributed by atoms with van der Waals surface area (Å²) in [7, 11) is -1.67. The lowest BCUT2D eigenvalue weighted by molar-refractivity contribution is 0.465. The second kappa shape index (κ2) is 7.49. The summed E-state index contributed by atoms with van der Waals surface area (Å²) in [6.07, 6.45) is 1.27. The van der Waals surface area contributed by atoms with Crippen molar-refractivity contribution in [3.8, 4) is 6.07 Å². The van der Waals surface area contributed by atoms with E-state index in [2.05, 4.69) is 0 Å². The van der Waals surface area contributed by atoms with Crippen LogP contribution in [0, 0.1) is 11.3 Å². The number of alkyl halides is 1. The van der Waals surface area contributed by atoms with Crippen LogP contribution in [0.5, 0.6) is 0 Å². The largest absolute Gasteiger partial charge is 0.214 e. The minimum Gasteiger partial charge on any atom is -0.212 e. The van der Waals surface area contributed by atoms with E-state index in [1.165, 1.54) is 4.31 Å². The lowest BCUT2D eigenvalue weighted by atomic mass is 10.1. The molecule has 0 aromatic heterocycles. The molecule has 1 aromatic carbocycles. The quantitative estimate of drug-likeness (QED) is 0.573. The van der Waals surface area contributed by atoms with Crippen LogP contribution in [0.4, 0.5) is 0 Å². The average Bonchev–Trinajstić information content (AvgIpc) is 2.39. The number of hydrogen-bond acceptors (Lipinski definition) is 3. The molecule has 0 amide bonds. The van der Waals surface area contributed by atoms with Crippen LogP contribution >= 0.6 is 11.6 Å². The molecule has 0 saturated heterocycles. The monoisotopic (exact) mass is 300 g/mol. The maximum atomic E-state index is 12.0. The predicted octanol–water partition coefficient (Wildman–Crippen LogP) is 2.34. The van der Waals surface area contributed by atoms with E-state index in [-0.39, 0.29) is 5.75 Å². The minimum atomic E-state index is -3.24. The molecule has 1 rings (SSSR count). The third kappa shape index (κ3) is 5.19.